The van der Waals surface area contributed by atoms with Crippen LogP contribution < -0.4 is 5.32 Å². The normalized spacial score (nSPS) is 19.9. The fourth-order valence-electron chi connectivity index (χ4n) is 1.73. The first-order valence-electron chi connectivity index (χ1n) is 6.40. The standard InChI is InChI=1S/C12H25NO2S/c1-2-3-6-15-10-12(14)9-13-11-4-7-16-8-5-11/h11-14H,2-10H2,1H3. The molecule has 3 nitrogen and oxygen atoms in total. The molecule has 96 valence electrons. The predicted molar refractivity (Wildman–Crippen MR) is 70.1 cm³/mol. The van der Waals surface area contributed by atoms with E-state index >= 15 is 0 Å². The van der Waals surface area contributed by atoms with Crippen LogP contribution in [0.25, 0.3) is 0 Å². The SMILES string of the molecule is CCCCOCC(O)CNC1CCSCC1. The highest BCUT2D eigenvalue weighted by Gasteiger charge is 2.14. The minimum Gasteiger partial charge on any atom is -0.389 e. The van der Waals surface area contributed by atoms with Gasteiger partial charge in [-0.05, 0) is 30.8 Å². The summed E-state index contributed by atoms with van der Waals surface area (Å²) in [5.74, 6) is 2.50. The highest BCUT2D eigenvalue weighted by Crippen LogP contribution is 2.16. The van der Waals surface area contributed by atoms with Gasteiger partial charge in [0.1, 0.15) is 0 Å². The monoisotopic (exact) mass is 247 g/mol. The second kappa shape index (κ2) is 9.28. The fraction of sp³-hybridized carbons (Fsp3) is 1.00. The van der Waals surface area contributed by atoms with E-state index in [1.54, 1.807) is 0 Å². The van der Waals surface area contributed by atoms with Crippen LogP contribution in [0.2, 0.25) is 0 Å². The van der Waals surface area contributed by atoms with Crippen LogP contribution in [0, 0.1) is 0 Å². The number of aliphatic hydroxyl groups is 1. The second-order valence-electron chi connectivity index (χ2n) is 4.38. The third-order valence-electron chi connectivity index (χ3n) is 2.82. The molecule has 0 bridgehead atoms. The van der Waals surface area contributed by atoms with E-state index in [2.05, 4.69) is 12.2 Å². The predicted octanol–water partition coefficient (Wildman–Crippen LogP) is 1.65. The summed E-state index contributed by atoms with van der Waals surface area (Å²) in [6.07, 6.45) is 4.34. The number of thioether (sulfide) groups is 1. The molecular formula is C12H25NO2S. The Balaban J connectivity index is 1.94. The molecule has 1 saturated heterocycles. The zero-order valence-electron chi connectivity index (χ0n) is 10.3. The van der Waals surface area contributed by atoms with Gasteiger partial charge in [0.25, 0.3) is 0 Å². The van der Waals surface area contributed by atoms with Crippen molar-refractivity contribution in [2.75, 3.05) is 31.3 Å². The second-order valence-corrected chi connectivity index (χ2v) is 5.60. The molecule has 4 heteroatoms. The molecule has 16 heavy (non-hydrogen) atoms. The summed E-state index contributed by atoms with van der Waals surface area (Å²) in [7, 11) is 0. The van der Waals surface area contributed by atoms with Crippen molar-refractivity contribution in [2.45, 2.75) is 44.8 Å². The van der Waals surface area contributed by atoms with Crippen molar-refractivity contribution in [3.05, 3.63) is 0 Å². The highest BCUT2D eigenvalue weighted by atomic mass is 32.2. The van der Waals surface area contributed by atoms with E-state index in [9.17, 15) is 5.11 Å². The molecule has 0 saturated carbocycles. The largest absolute Gasteiger partial charge is 0.389 e. The van der Waals surface area contributed by atoms with Gasteiger partial charge in [0.2, 0.25) is 0 Å². The van der Waals surface area contributed by atoms with Crippen molar-refractivity contribution in [3.8, 4) is 0 Å². The first-order valence-corrected chi connectivity index (χ1v) is 7.55. The number of aliphatic hydroxyl groups excluding tert-OH is 1. The molecule has 0 aromatic heterocycles. The van der Waals surface area contributed by atoms with Crippen LogP contribution in [0.15, 0.2) is 0 Å². The maximum Gasteiger partial charge on any atom is 0.0897 e. The van der Waals surface area contributed by atoms with Gasteiger partial charge in [0, 0.05) is 19.2 Å². The van der Waals surface area contributed by atoms with Crippen LogP contribution in [-0.4, -0.2) is 48.5 Å². The Morgan fingerprint density at radius 3 is 2.88 bits per heavy atom. The van der Waals surface area contributed by atoms with E-state index < -0.39 is 0 Å². The van der Waals surface area contributed by atoms with Crippen molar-refractivity contribution < 1.29 is 9.84 Å². The molecule has 0 aromatic rings. The van der Waals surface area contributed by atoms with Gasteiger partial charge in [-0.2, -0.15) is 11.8 Å². The summed E-state index contributed by atoms with van der Waals surface area (Å²) in [6, 6.07) is 0.603. The topological polar surface area (TPSA) is 41.5 Å². The number of hydrogen-bond acceptors (Lipinski definition) is 4. The van der Waals surface area contributed by atoms with E-state index in [1.165, 1.54) is 24.3 Å². The van der Waals surface area contributed by atoms with Crippen LogP contribution >= 0.6 is 11.8 Å². The minimum atomic E-state index is -0.355. The third-order valence-corrected chi connectivity index (χ3v) is 3.86. The van der Waals surface area contributed by atoms with Crippen LogP contribution in [0.4, 0.5) is 0 Å². The van der Waals surface area contributed by atoms with Gasteiger partial charge in [0.15, 0.2) is 0 Å². The summed E-state index contributed by atoms with van der Waals surface area (Å²) < 4.78 is 5.38. The Morgan fingerprint density at radius 1 is 1.44 bits per heavy atom. The van der Waals surface area contributed by atoms with Crippen LogP contribution in [0.3, 0.4) is 0 Å². The molecule has 0 spiro atoms. The lowest BCUT2D eigenvalue weighted by molar-refractivity contribution is 0.0344. The molecular weight excluding hydrogens is 222 g/mol. The Kier molecular flexibility index (Phi) is 8.29. The van der Waals surface area contributed by atoms with E-state index in [-0.39, 0.29) is 6.10 Å². The minimum absolute atomic E-state index is 0.355. The Labute approximate surface area is 103 Å². The Morgan fingerprint density at radius 2 is 2.19 bits per heavy atom. The summed E-state index contributed by atoms with van der Waals surface area (Å²) in [5, 5.41) is 13.1. The van der Waals surface area contributed by atoms with Gasteiger partial charge in [-0.3, -0.25) is 0 Å². The maximum atomic E-state index is 9.69. The van der Waals surface area contributed by atoms with Crippen LogP contribution in [0.5, 0.6) is 0 Å². The van der Waals surface area contributed by atoms with Crippen molar-refractivity contribution in [1.29, 1.82) is 0 Å². The number of unbranched alkanes of at least 4 members (excludes halogenated alkanes) is 1. The molecule has 1 fully saturated rings. The summed E-state index contributed by atoms with van der Waals surface area (Å²) >= 11 is 2.03. The zero-order chi connectivity index (χ0) is 11.6. The molecule has 1 rings (SSSR count). The van der Waals surface area contributed by atoms with Gasteiger partial charge in [-0.1, -0.05) is 13.3 Å². The third kappa shape index (κ3) is 6.74. The molecule has 0 amide bonds. The van der Waals surface area contributed by atoms with E-state index in [0.717, 1.165) is 19.4 Å². The molecule has 1 aliphatic heterocycles. The first kappa shape index (κ1) is 14.3. The van der Waals surface area contributed by atoms with E-state index in [1.807, 2.05) is 11.8 Å². The summed E-state index contributed by atoms with van der Waals surface area (Å²) in [5.41, 5.74) is 0. The maximum absolute atomic E-state index is 9.69. The van der Waals surface area contributed by atoms with Gasteiger partial charge in [-0.15, -0.1) is 0 Å². The number of ether oxygens (including phenoxy) is 1. The quantitative estimate of drug-likeness (QED) is 0.640. The average Bonchev–Trinajstić information content (AvgIpc) is 2.33. The lowest BCUT2D eigenvalue weighted by atomic mass is 10.1. The van der Waals surface area contributed by atoms with Crippen molar-refractivity contribution in [3.63, 3.8) is 0 Å². The summed E-state index contributed by atoms with van der Waals surface area (Å²) in [4.78, 5) is 0. The molecule has 1 unspecified atom stereocenters. The fourth-order valence-corrected chi connectivity index (χ4v) is 2.84. The highest BCUT2D eigenvalue weighted by molar-refractivity contribution is 7.99. The first-order chi connectivity index (χ1) is 7.83. The molecule has 0 aliphatic carbocycles. The molecule has 1 aliphatic rings. The summed E-state index contributed by atoms with van der Waals surface area (Å²) in [6.45, 7) is 4.05. The van der Waals surface area contributed by atoms with Crippen LogP contribution in [-0.2, 0) is 4.74 Å². The molecule has 0 radical (unpaired) electrons. The smallest absolute Gasteiger partial charge is 0.0897 e. The number of rotatable bonds is 8. The van der Waals surface area contributed by atoms with Crippen molar-refractivity contribution in [2.24, 2.45) is 0 Å². The van der Waals surface area contributed by atoms with Gasteiger partial charge in [0.05, 0.1) is 12.7 Å². The lowest BCUT2D eigenvalue weighted by Gasteiger charge is -2.24. The van der Waals surface area contributed by atoms with Gasteiger partial charge >= 0.3 is 0 Å². The Bertz CT molecular complexity index is 163. The molecule has 0 aromatic carbocycles. The van der Waals surface area contributed by atoms with E-state index in [0.29, 0.717) is 19.2 Å². The molecule has 1 heterocycles. The number of hydrogen-bond donors (Lipinski definition) is 2. The van der Waals surface area contributed by atoms with Crippen molar-refractivity contribution in [1.82, 2.24) is 5.32 Å². The van der Waals surface area contributed by atoms with Crippen molar-refractivity contribution >= 4 is 11.8 Å². The molecule has 2 N–H and O–H groups in total. The van der Waals surface area contributed by atoms with Crippen LogP contribution in [0.1, 0.15) is 32.6 Å². The molecule has 1 atom stereocenters. The number of nitrogens with one attached hydrogen (secondary N) is 1. The van der Waals surface area contributed by atoms with E-state index in [4.69, 9.17) is 4.74 Å². The Hall–Kier alpha value is 0.230. The zero-order valence-corrected chi connectivity index (χ0v) is 11.1. The van der Waals surface area contributed by atoms with Gasteiger partial charge in [-0.25, -0.2) is 0 Å². The van der Waals surface area contributed by atoms with Gasteiger partial charge < -0.3 is 15.2 Å². The average molecular weight is 247 g/mol. The lowest BCUT2D eigenvalue weighted by Crippen LogP contribution is -2.39.